The molecule has 3 rings (SSSR count). The summed E-state index contributed by atoms with van der Waals surface area (Å²) in [7, 11) is 0. The number of aromatic nitrogens is 1. The summed E-state index contributed by atoms with van der Waals surface area (Å²) < 4.78 is 0. The Labute approximate surface area is 133 Å². The van der Waals surface area contributed by atoms with E-state index in [1.165, 1.54) is 10.5 Å². The molecule has 0 bridgehead atoms. The molecule has 0 saturated heterocycles. The van der Waals surface area contributed by atoms with Crippen LogP contribution in [0, 0.1) is 6.92 Å². The van der Waals surface area contributed by atoms with Gasteiger partial charge in [-0.2, -0.15) is 0 Å². The number of nitrogen functional groups attached to an aromatic ring is 1. The van der Waals surface area contributed by atoms with E-state index in [2.05, 4.69) is 30.1 Å². The number of hydrogen-bond donors (Lipinski definition) is 1. The van der Waals surface area contributed by atoms with Gasteiger partial charge in [-0.05, 0) is 42.8 Å². The van der Waals surface area contributed by atoms with E-state index in [1.54, 1.807) is 11.8 Å². The molecule has 1 aromatic heterocycles. The number of thioether (sulfide) groups is 1. The van der Waals surface area contributed by atoms with Crippen LogP contribution in [0.1, 0.15) is 11.1 Å². The Morgan fingerprint density at radius 2 is 1.95 bits per heavy atom. The molecule has 0 amide bonds. The molecule has 0 fully saturated rings. The first-order valence-corrected chi connectivity index (χ1v) is 8.03. The van der Waals surface area contributed by atoms with Crippen LogP contribution in [0.2, 0.25) is 5.15 Å². The molecule has 106 valence electrons. The van der Waals surface area contributed by atoms with E-state index in [4.69, 9.17) is 17.3 Å². The van der Waals surface area contributed by atoms with Crippen molar-refractivity contribution in [2.75, 3.05) is 5.73 Å². The third-order valence-electron chi connectivity index (χ3n) is 3.33. The Bertz CT molecular complexity index is 802. The predicted octanol–water partition coefficient (Wildman–Crippen LogP) is 5.07. The first-order valence-electron chi connectivity index (χ1n) is 6.66. The maximum Gasteiger partial charge on any atom is 0.133 e. The van der Waals surface area contributed by atoms with Crippen molar-refractivity contribution in [2.24, 2.45) is 0 Å². The van der Waals surface area contributed by atoms with Gasteiger partial charge in [-0.3, -0.25) is 0 Å². The minimum Gasteiger partial charge on any atom is -0.399 e. The molecule has 2 aromatic carbocycles. The van der Waals surface area contributed by atoms with Crippen LogP contribution in [0.15, 0.2) is 53.4 Å². The van der Waals surface area contributed by atoms with Gasteiger partial charge in [0.2, 0.25) is 0 Å². The third kappa shape index (κ3) is 3.14. The zero-order chi connectivity index (χ0) is 14.8. The van der Waals surface area contributed by atoms with Crippen LogP contribution in [0.5, 0.6) is 0 Å². The number of para-hydroxylation sites is 1. The number of fused-ring (bicyclic) bond motifs is 1. The van der Waals surface area contributed by atoms with E-state index in [0.717, 1.165) is 27.9 Å². The van der Waals surface area contributed by atoms with Gasteiger partial charge in [0.15, 0.2) is 0 Å². The van der Waals surface area contributed by atoms with Gasteiger partial charge in [0.05, 0.1) is 5.52 Å². The number of anilines is 1. The van der Waals surface area contributed by atoms with Gasteiger partial charge in [0, 0.05) is 27.3 Å². The fourth-order valence-electron chi connectivity index (χ4n) is 2.23. The van der Waals surface area contributed by atoms with E-state index < -0.39 is 0 Å². The first-order chi connectivity index (χ1) is 10.1. The van der Waals surface area contributed by atoms with Gasteiger partial charge < -0.3 is 5.73 Å². The van der Waals surface area contributed by atoms with E-state index in [9.17, 15) is 0 Å². The summed E-state index contributed by atoms with van der Waals surface area (Å²) in [5, 5.41) is 1.70. The second-order valence-electron chi connectivity index (χ2n) is 4.94. The molecule has 0 aliphatic heterocycles. The molecule has 0 unspecified atom stereocenters. The molecule has 1 heterocycles. The van der Waals surface area contributed by atoms with Crippen molar-refractivity contribution in [3.8, 4) is 0 Å². The van der Waals surface area contributed by atoms with Gasteiger partial charge in [-0.1, -0.05) is 29.8 Å². The molecule has 0 atom stereocenters. The summed E-state index contributed by atoms with van der Waals surface area (Å²) >= 11 is 8.04. The Kier molecular flexibility index (Phi) is 4.04. The average molecular weight is 315 g/mol. The predicted molar refractivity (Wildman–Crippen MR) is 91.9 cm³/mol. The highest BCUT2D eigenvalue weighted by Gasteiger charge is 2.07. The van der Waals surface area contributed by atoms with E-state index in [1.807, 2.05) is 30.3 Å². The number of benzene rings is 2. The number of hydrogen-bond acceptors (Lipinski definition) is 3. The molecule has 4 heteroatoms. The third-order valence-corrected chi connectivity index (χ3v) is 4.88. The van der Waals surface area contributed by atoms with Crippen LogP contribution >= 0.6 is 23.4 Å². The lowest BCUT2D eigenvalue weighted by molar-refractivity contribution is 1.27. The molecule has 0 spiro atoms. The van der Waals surface area contributed by atoms with Crippen LogP contribution in [0.3, 0.4) is 0 Å². The Morgan fingerprint density at radius 3 is 2.76 bits per heavy atom. The van der Waals surface area contributed by atoms with E-state index in [-0.39, 0.29) is 0 Å². The number of pyridine rings is 1. The number of aryl methyl sites for hydroxylation is 1. The standard InChI is InChI=1S/C17H15ClN2S/c1-11-8-14(19)6-7-16(11)21-10-13-9-12-4-2-3-5-15(12)20-17(13)18/h2-9H,10,19H2,1H3. The van der Waals surface area contributed by atoms with Gasteiger partial charge in [-0.25, -0.2) is 4.98 Å². The monoisotopic (exact) mass is 314 g/mol. The minimum absolute atomic E-state index is 0.578. The zero-order valence-corrected chi connectivity index (χ0v) is 13.2. The molecule has 2 nitrogen and oxygen atoms in total. The number of nitrogens with zero attached hydrogens (tertiary/aromatic N) is 1. The molecule has 0 aliphatic carbocycles. The van der Waals surface area contributed by atoms with Crippen molar-refractivity contribution in [1.82, 2.24) is 4.98 Å². The van der Waals surface area contributed by atoms with Crippen LogP contribution in [-0.2, 0) is 5.75 Å². The van der Waals surface area contributed by atoms with E-state index in [0.29, 0.717) is 5.15 Å². The van der Waals surface area contributed by atoms with Gasteiger partial charge >= 0.3 is 0 Å². The average Bonchev–Trinajstić information content (AvgIpc) is 2.46. The molecule has 2 N–H and O–H groups in total. The fourth-order valence-corrected chi connectivity index (χ4v) is 3.50. The van der Waals surface area contributed by atoms with E-state index >= 15 is 0 Å². The van der Waals surface area contributed by atoms with Crippen LogP contribution in [-0.4, -0.2) is 4.98 Å². The second-order valence-corrected chi connectivity index (χ2v) is 6.32. The minimum atomic E-state index is 0.578. The second kappa shape index (κ2) is 5.96. The van der Waals surface area contributed by atoms with Crippen LogP contribution in [0.25, 0.3) is 10.9 Å². The fraction of sp³-hybridized carbons (Fsp3) is 0.118. The Morgan fingerprint density at radius 1 is 1.14 bits per heavy atom. The first kappa shape index (κ1) is 14.2. The van der Waals surface area contributed by atoms with Crippen LogP contribution < -0.4 is 5.73 Å². The van der Waals surface area contributed by atoms with Crippen molar-refractivity contribution in [1.29, 1.82) is 0 Å². The summed E-state index contributed by atoms with van der Waals surface area (Å²) in [6, 6.07) is 16.1. The van der Waals surface area contributed by atoms with Crippen molar-refractivity contribution >= 4 is 40.0 Å². The normalized spacial score (nSPS) is 11.0. The summed E-state index contributed by atoms with van der Waals surface area (Å²) in [5.74, 6) is 0.793. The summed E-state index contributed by atoms with van der Waals surface area (Å²) in [4.78, 5) is 5.67. The number of rotatable bonds is 3. The lowest BCUT2D eigenvalue weighted by Crippen LogP contribution is -1.90. The van der Waals surface area contributed by atoms with Gasteiger partial charge in [0.25, 0.3) is 0 Å². The number of halogens is 1. The highest BCUT2D eigenvalue weighted by atomic mass is 35.5. The molecule has 3 aromatic rings. The Balaban J connectivity index is 1.86. The molecule has 21 heavy (non-hydrogen) atoms. The largest absolute Gasteiger partial charge is 0.399 e. The molecular weight excluding hydrogens is 300 g/mol. The SMILES string of the molecule is Cc1cc(N)ccc1SCc1cc2ccccc2nc1Cl. The van der Waals surface area contributed by atoms with Gasteiger partial charge in [0.1, 0.15) is 5.15 Å². The summed E-state index contributed by atoms with van der Waals surface area (Å²) in [6.45, 7) is 2.07. The smallest absolute Gasteiger partial charge is 0.133 e. The molecular formula is C17H15ClN2S. The summed E-state index contributed by atoms with van der Waals surface area (Å²) in [6.07, 6.45) is 0. The quantitative estimate of drug-likeness (QED) is 0.416. The molecule has 0 aliphatic rings. The molecule has 0 radical (unpaired) electrons. The highest BCUT2D eigenvalue weighted by molar-refractivity contribution is 7.98. The number of nitrogens with two attached hydrogens (primary N) is 1. The van der Waals surface area contributed by atoms with Gasteiger partial charge in [-0.15, -0.1) is 11.8 Å². The van der Waals surface area contributed by atoms with Crippen LogP contribution in [0.4, 0.5) is 5.69 Å². The maximum atomic E-state index is 6.29. The topological polar surface area (TPSA) is 38.9 Å². The van der Waals surface area contributed by atoms with Crippen molar-refractivity contribution in [3.63, 3.8) is 0 Å². The lowest BCUT2D eigenvalue weighted by atomic mass is 10.2. The van der Waals surface area contributed by atoms with Crippen molar-refractivity contribution in [2.45, 2.75) is 17.6 Å². The highest BCUT2D eigenvalue weighted by Crippen LogP contribution is 2.30. The van der Waals surface area contributed by atoms with Crippen molar-refractivity contribution < 1.29 is 0 Å². The molecule has 0 saturated carbocycles. The Hall–Kier alpha value is -1.71. The zero-order valence-electron chi connectivity index (χ0n) is 11.6. The summed E-state index contributed by atoms with van der Waals surface area (Å²) in [5.41, 5.74) is 9.74. The van der Waals surface area contributed by atoms with Crippen molar-refractivity contribution in [3.05, 3.63) is 64.8 Å². The maximum absolute atomic E-state index is 6.29. The lowest BCUT2D eigenvalue weighted by Gasteiger charge is -2.08.